The van der Waals surface area contributed by atoms with Crippen molar-refractivity contribution in [1.29, 1.82) is 0 Å². The molecule has 0 aliphatic carbocycles. The molecule has 0 radical (unpaired) electrons. The predicted molar refractivity (Wildman–Crippen MR) is 90.1 cm³/mol. The quantitative estimate of drug-likeness (QED) is 0.938. The monoisotopic (exact) mass is 317 g/mol. The number of hydrogen-bond acceptors (Lipinski definition) is 6. The van der Waals surface area contributed by atoms with Gasteiger partial charge in [-0.1, -0.05) is 0 Å². The standard InChI is InChI=1S/C15H19N5OS/c1-19(2)13-12(17-14(21)11-5-8-22-10-11)9-16-15(18-13)20-6-3-4-7-20/h5,8-10H,3-4,6-7H2,1-2H3,(H,17,21). The van der Waals surface area contributed by atoms with Gasteiger partial charge in [-0.15, -0.1) is 0 Å². The van der Waals surface area contributed by atoms with E-state index in [2.05, 4.69) is 20.2 Å². The zero-order valence-electron chi connectivity index (χ0n) is 12.7. The Bertz CT molecular complexity index is 650. The number of carbonyl (C=O) groups excluding carboxylic acids is 1. The molecule has 1 fully saturated rings. The first-order chi connectivity index (χ1) is 10.6. The van der Waals surface area contributed by atoms with Crippen molar-refractivity contribution in [3.8, 4) is 0 Å². The lowest BCUT2D eigenvalue weighted by atomic mass is 10.3. The van der Waals surface area contributed by atoms with E-state index in [0.717, 1.165) is 24.9 Å². The van der Waals surface area contributed by atoms with Crippen molar-refractivity contribution in [3.63, 3.8) is 0 Å². The lowest BCUT2D eigenvalue weighted by Crippen LogP contribution is -2.23. The fourth-order valence-electron chi connectivity index (χ4n) is 2.45. The third-order valence-corrected chi connectivity index (χ3v) is 4.28. The number of hydrogen-bond donors (Lipinski definition) is 1. The molecule has 116 valence electrons. The first kappa shape index (κ1) is 14.8. The molecule has 6 nitrogen and oxygen atoms in total. The number of thiophene rings is 1. The number of anilines is 3. The van der Waals surface area contributed by atoms with E-state index in [9.17, 15) is 4.79 Å². The van der Waals surface area contributed by atoms with Gasteiger partial charge in [-0.05, 0) is 24.3 Å². The van der Waals surface area contributed by atoms with Crippen LogP contribution in [0.3, 0.4) is 0 Å². The van der Waals surface area contributed by atoms with E-state index in [1.54, 1.807) is 12.3 Å². The normalized spacial score (nSPS) is 14.2. The molecule has 7 heteroatoms. The van der Waals surface area contributed by atoms with E-state index in [0.29, 0.717) is 11.3 Å². The van der Waals surface area contributed by atoms with Crippen molar-refractivity contribution in [2.45, 2.75) is 12.8 Å². The highest BCUT2D eigenvalue weighted by molar-refractivity contribution is 7.08. The van der Waals surface area contributed by atoms with E-state index in [-0.39, 0.29) is 5.91 Å². The minimum absolute atomic E-state index is 0.137. The van der Waals surface area contributed by atoms with Crippen LogP contribution < -0.4 is 15.1 Å². The molecule has 0 unspecified atom stereocenters. The number of aromatic nitrogens is 2. The van der Waals surface area contributed by atoms with Crippen LogP contribution in [0.25, 0.3) is 0 Å². The molecular weight excluding hydrogens is 298 g/mol. The Morgan fingerprint density at radius 1 is 1.36 bits per heavy atom. The third kappa shape index (κ3) is 3.04. The molecule has 1 aliphatic rings. The summed E-state index contributed by atoms with van der Waals surface area (Å²) in [6, 6.07) is 1.80. The number of rotatable bonds is 4. The van der Waals surface area contributed by atoms with Crippen molar-refractivity contribution in [2.75, 3.05) is 42.3 Å². The van der Waals surface area contributed by atoms with E-state index in [4.69, 9.17) is 0 Å². The zero-order valence-corrected chi connectivity index (χ0v) is 13.6. The molecule has 1 amide bonds. The molecule has 2 aromatic rings. The van der Waals surface area contributed by atoms with Crippen LogP contribution in [0.1, 0.15) is 23.2 Å². The van der Waals surface area contributed by atoms with Crippen LogP contribution in [-0.4, -0.2) is 43.1 Å². The lowest BCUT2D eigenvalue weighted by molar-refractivity contribution is 0.102. The van der Waals surface area contributed by atoms with E-state index >= 15 is 0 Å². The smallest absolute Gasteiger partial charge is 0.256 e. The summed E-state index contributed by atoms with van der Waals surface area (Å²) in [5, 5.41) is 6.60. The second kappa shape index (κ2) is 6.31. The van der Waals surface area contributed by atoms with Crippen molar-refractivity contribution >= 4 is 34.7 Å². The molecule has 1 N–H and O–H groups in total. The van der Waals surface area contributed by atoms with Gasteiger partial charge in [0.05, 0.1) is 11.8 Å². The number of nitrogens with one attached hydrogen (secondary N) is 1. The predicted octanol–water partition coefficient (Wildman–Crippen LogP) is 2.46. The molecule has 0 spiro atoms. The molecule has 1 saturated heterocycles. The molecule has 22 heavy (non-hydrogen) atoms. The van der Waals surface area contributed by atoms with Gasteiger partial charge in [0.1, 0.15) is 5.69 Å². The van der Waals surface area contributed by atoms with Crippen LogP contribution in [0.15, 0.2) is 23.0 Å². The van der Waals surface area contributed by atoms with E-state index < -0.39 is 0 Å². The van der Waals surface area contributed by atoms with Gasteiger partial charge in [0, 0.05) is 32.6 Å². The summed E-state index contributed by atoms with van der Waals surface area (Å²) >= 11 is 1.50. The number of nitrogens with zero attached hydrogens (tertiary/aromatic N) is 4. The van der Waals surface area contributed by atoms with Gasteiger partial charge in [0.15, 0.2) is 5.82 Å². The van der Waals surface area contributed by atoms with Crippen LogP contribution in [0.4, 0.5) is 17.5 Å². The van der Waals surface area contributed by atoms with E-state index in [1.165, 1.54) is 24.2 Å². The maximum Gasteiger partial charge on any atom is 0.256 e. The average Bonchev–Trinajstić information content (AvgIpc) is 3.21. The van der Waals surface area contributed by atoms with Crippen LogP contribution in [-0.2, 0) is 0 Å². The molecule has 3 heterocycles. The van der Waals surface area contributed by atoms with Gasteiger partial charge in [-0.25, -0.2) is 4.98 Å². The van der Waals surface area contributed by atoms with Crippen molar-refractivity contribution in [1.82, 2.24) is 9.97 Å². The van der Waals surface area contributed by atoms with Crippen molar-refractivity contribution < 1.29 is 4.79 Å². The lowest BCUT2D eigenvalue weighted by Gasteiger charge is -2.20. The molecule has 0 atom stereocenters. The molecule has 0 bridgehead atoms. The van der Waals surface area contributed by atoms with Crippen LogP contribution in [0.5, 0.6) is 0 Å². The SMILES string of the molecule is CN(C)c1nc(N2CCCC2)ncc1NC(=O)c1ccsc1. The zero-order chi connectivity index (χ0) is 15.5. The number of amides is 1. The van der Waals surface area contributed by atoms with Crippen molar-refractivity contribution in [3.05, 3.63) is 28.6 Å². The third-order valence-electron chi connectivity index (χ3n) is 3.60. The molecule has 0 aromatic carbocycles. The van der Waals surface area contributed by atoms with Gasteiger partial charge in [-0.3, -0.25) is 4.79 Å². The second-order valence-corrected chi connectivity index (χ2v) is 6.24. The van der Waals surface area contributed by atoms with Gasteiger partial charge in [-0.2, -0.15) is 16.3 Å². The summed E-state index contributed by atoms with van der Waals surface area (Å²) in [7, 11) is 3.83. The van der Waals surface area contributed by atoms with Gasteiger partial charge < -0.3 is 15.1 Å². The fourth-order valence-corrected chi connectivity index (χ4v) is 3.09. The summed E-state index contributed by atoms with van der Waals surface area (Å²) in [6.45, 7) is 1.99. The Morgan fingerprint density at radius 3 is 2.77 bits per heavy atom. The summed E-state index contributed by atoms with van der Waals surface area (Å²) in [6.07, 6.45) is 4.05. The molecule has 0 saturated carbocycles. The molecule has 3 rings (SSSR count). The maximum absolute atomic E-state index is 12.2. The van der Waals surface area contributed by atoms with Gasteiger partial charge in [0.2, 0.25) is 5.95 Å². The molecule has 2 aromatic heterocycles. The summed E-state index contributed by atoms with van der Waals surface area (Å²) in [5.41, 5.74) is 1.28. The average molecular weight is 317 g/mol. The number of carbonyl (C=O) groups is 1. The summed E-state index contributed by atoms with van der Waals surface area (Å²) in [5.74, 6) is 1.32. The van der Waals surface area contributed by atoms with Gasteiger partial charge in [0.25, 0.3) is 5.91 Å². The Kier molecular flexibility index (Phi) is 4.24. The van der Waals surface area contributed by atoms with Crippen LogP contribution in [0, 0.1) is 0 Å². The second-order valence-electron chi connectivity index (χ2n) is 5.46. The summed E-state index contributed by atoms with van der Waals surface area (Å²) in [4.78, 5) is 25.3. The first-order valence-electron chi connectivity index (χ1n) is 7.28. The molecule has 1 aliphatic heterocycles. The highest BCUT2D eigenvalue weighted by Gasteiger charge is 2.18. The Balaban J connectivity index is 1.85. The highest BCUT2D eigenvalue weighted by Crippen LogP contribution is 2.26. The van der Waals surface area contributed by atoms with Crippen LogP contribution in [0.2, 0.25) is 0 Å². The fraction of sp³-hybridized carbons (Fsp3) is 0.400. The Morgan fingerprint density at radius 2 is 2.14 bits per heavy atom. The van der Waals surface area contributed by atoms with Crippen LogP contribution >= 0.6 is 11.3 Å². The minimum Gasteiger partial charge on any atom is -0.361 e. The first-order valence-corrected chi connectivity index (χ1v) is 8.22. The van der Waals surface area contributed by atoms with E-state index in [1.807, 2.05) is 29.8 Å². The minimum atomic E-state index is -0.137. The van der Waals surface area contributed by atoms with Gasteiger partial charge >= 0.3 is 0 Å². The Hall–Kier alpha value is -2.15. The Labute approximate surface area is 133 Å². The highest BCUT2D eigenvalue weighted by atomic mass is 32.1. The topological polar surface area (TPSA) is 61.4 Å². The maximum atomic E-state index is 12.2. The largest absolute Gasteiger partial charge is 0.361 e. The summed E-state index contributed by atoms with van der Waals surface area (Å²) < 4.78 is 0. The van der Waals surface area contributed by atoms with Crippen molar-refractivity contribution in [2.24, 2.45) is 0 Å². The molecular formula is C15H19N5OS.